The summed E-state index contributed by atoms with van der Waals surface area (Å²) in [5.41, 5.74) is 8.09. The molecule has 2 aliphatic rings. The van der Waals surface area contributed by atoms with Gasteiger partial charge in [0.1, 0.15) is 0 Å². The Morgan fingerprint density at radius 2 is 1.67 bits per heavy atom. The number of aromatic nitrogens is 2. The molecule has 196 valence electrons. The Labute approximate surface area is 229 Å². The predicted octanol–water partition coefficient (Wildman–Crippen LogP) is 6.10. The number of rotatable bonds is 8. The first-order valence-corrected chi connectivity index (χ1v) is 13.6. The summed E-state index contributed by atoms with van der Waals surface area (Å²) in [6.07, 6.45) is 6.17. The number of nitrogens with one attached hydrogen (secondary N) is 3. The standard InChI is InChI=1S/C32H32N6O/c1-2-33-32-34-19-25(20-35-32)24-12-15-27-28(18-24)37-31(39)29(27)30(23-8-4-3-5-9-23)36-26-13-10-22(11-14-26)21-38-16-6-7-17-38/h3-5,8-15,18-20,36H,2,6-7,16-17,21H2,1H3,(H,37,39)(H,33,34,35)/b30-29-. The van der Waals surface area contributed by atoms with E-state index in [9.17, 15) is 4.79 Å². The summed E-state index contributed by atoms with van der Waals surface area (Å²) in [5.74, 6) is 0.474. The summed E-state index contributed by atoms with van der Waals surface area (Å²) < 4.78 is 0. The number of nitrogens with zero attached hydrogens (tertiary/aromatic N) is 3. The number of carbonyl (C=O) groups is 1. The minimum atomic E-state index is -0.127. The van der Waals surface area contributed by atoms with E-state index >= 15 is 0 Å². The number of carbonyl (C=O) groups excluding carboxylic acids is 1. The number of hydrogen-bond acceptors (Lipinski definition) is 6. The molecule has 3 heterocycles. The molecular weight excluding hydrogens is 484 g/mol. The lowest BCUT2D eigenvalue weighted by atomic mass is 9.98. The lowest BCUT2D eigenvalue weighted by molar-refractivity contribution is -0.110. The van der Waals surface area contributed by atoms with E-state index in [2.05, 4.69) is 55.1 Å². The van der Waals surface area contributed by atoms with Crippen LogP contribution in [0.2, 0.25) is 0 Å². The van der Waals surface area contributed by atoms with Gasteiger partial charge in [0.25, 0.3) is 5.91 Å². The smallest absolute Gasteiger partial charge is 0.258 e. The van der Waals surface area contributed by atoms with Crippen LogP contribution >= 0.6 is 0 Å². The third kappa shape index (κ3) is 5.40. The number of anilines is 3. The minimum Gasteiger partial charge on any atom is -0.355 e. The SMILES string of the molecule is CCNc1ncc(-c2ccc3c(c2)NC(=O)/C3=C(\Nc2ccc(CN3CCCC3)cc2)c2ccccc2)cn1. The molecule has 39 heavy (non-hydrogen) atoms. The maximum atomic E-state index is 13.4. The van der Waals surface area contributed by atoms with Crippen molar-refractivity contribution in [3.05, 3.63) is 102 Å². The van der Waals surface area contributed by atoms with Gasteiger partial charge in [-0.3, -0.25) is 9.69 Å². The van der Waals surface area contributed by atoms with Crippen molar-refractivity contribution in [2.45, 2.75) is 26.3 Å². The second-order valence-corrected chi connectivity index (χ2v) is 9.96. The molecule has 4 aromatic rings. The van der Waals surface area contributed by atoms with Gasteiger partial charge >= 0.3 is 0 Å². The minimum absolute atomic E-state index is 0.127. The van der Waals surface area contributed by atoms with Gasteiger partial charge in [0.05, 0.1) is 11.3 Å². The van der Waals surface area contributed by atoms with Gasteiger partial charge in [0, 0.05) is 48.0 Å². The van der Waals surface area contributed by atoms with Crippen molar-refractivity contribution in [1.29, 1.82) is 0 Å². The van der Waals surface area contributed by atoms with Crippen LogP contribution in [0.3, 0.4) is 0 Å². The van der Waals surface area contributed by atoms with Crippen LogP contribution in [0.1, 0.15) is 36.5 Å². The van der Waals surface area contributed by atoms with Crippen LogP contribution in [0, 0.1) is 0 Å². The molecule has 0 spiro atoms. The predicted molar refractivity (Wildman–Crippen MR) is 158 cm³/mol. The van der Waals surface area contributed by atoms with Gasteiger partial charge in [0.15, 0.2) is 0 Å². The normalized spacial score (nSPS) is 16.1. The quantitative estimate of drug-likeness (QED) is 0.245. The highest BCUT2D eigenvalue weighted by Gasteiger charge is 2.29. The topological polar surface area (TPSA) is 82.2 Å². The van der Waals surface area contributed by atoms with Crippen molar-refractivity contribution >= 4 is 34.5 Å². The third-order valence-electron chi connectivity index (χ3n) is 7.22. The number of fused-ring (bicyclic) bond motifs is 1. The molecule has 1 amide bonds. The first-order chi connectivity index (χ1) is 19.2. The second-order valence-electron chi connectivity index (χ2n) is 9.96. The Bertz CT molecular complexity index is 1490. The van der Waals surface area contributed by atoms with Crippen LogP contribution in [-0.4, -0.2) is 40.4 Å². The zero-order valence-electron chi connectivity index (χ0n) is 22.1. The Morgan fingerprint density at radius 3 is 2.38 bits per heavy atom. The molecule has 0 radical (unpaired) electrons. The van der Waals surface area contributed by atoms with E-state index in [0.29, 0.717) is 11.5 Å². The van der Waals surface area contributed by atoms with E-state index in [1.807, 2.05) is 55.5 Å². The van der Waals surface area contributed by atoms with Gasteiger partial charge < -0.3 is 16.0 Å². The molecule has 0 saturated carbocycles. The highest BCUT2D eigenvalue weighted by atomic mass is 16.2. The van der Waals surface area contributed by atoms with Crippen molar-refractivity contribution in [3.8, 4) is 11.1 Å². The summed E-state index contributed by atoms with van der Waals surface area (Å²) in [6.45, 7) is 6.10. The number of amides is 1. The highest BCUT2D eigenvalue weighted by Crippen LogP contribution is 2.39. The van der Waals surface area contributed by atoms with Crippen LogP contribution in [-0.2, 0) is 11.3 Å². The fraction of sp³-hybridized carbons (Fsp3) is 0.219. The fourth-order valence-corrected chi connectivity index (χ4v) is 5.25. The lowest BCUT2D eigenvalue weighted by Crippen LogP contribution is -2.18. The van der Waals surface area contributed by atoms with Crippen molar-refractivity contribution < 1.29 is 4.79 Å². The van der Waals surface area contributed by atoms with E-state index < -0.39 is 0 Å². The highest BCUT2D eigenvalue weighted by molar-refractivity contribution is 6.37. The van der Waals surface area contributed by atoms with E-state index in [4.69, 9.17) is 0 Å². The first kappa shape index (κ1) is 24.8. The first-order valence-electron chi connectivity index (χ1n) is 13.6. The summed E-state index contributed by atoms with van der Waals surface area (Å²) in [4.78, 5) is 24.7. The van der Waals surface area contributed by atoms with Crippen molar-refractivity contribution in [2.75, 3.05) is 35.6 Å². The van der Waals surface area contributed by atoms with Gasteiger partial charge in [-0.25, -0.2) is 9.97 Å². The average molecular weight is 517 g/mol. The Kier molecular flexibility index (Phi) is 7.06. The molecule has 1 fully saturated rings. The van der Waals surface area contributed by atoms with E-state index in [1.165, 1.54) is 31.5 Å². The molecule has 0 bridgehead atoms. The molecule has 7 nitrogen and oxygen atoms in total. The maximum absolute atomic E-state index is 13.4. The van der Waals surface area contributed by atoms with E-state index in [-0.39, 0.29) is 5.91 Å². The maximum Gasteiger partial charge on any atom is 0.258 e. The third-order valence-corrected chi connectivity index (χ3v) is 7.22. The molecule has 3 aromatic carbocycles. The number of hydrogen-bond donors (Lipinski definition) is 3. The lowest BCUT2D eigenvalue weighted by Gasteiger charge is -2.17. The van der Waals surface area contributed by atoms with Crippen LogP contribution in [0.4, 0.5) is 17.3 Å². The summed E-state index contributed by atoms with van der Waals surface area (Å²) in [7, 11) is 0. The monoisotopic (exact) mass is 516 g/mol. The summed E-state index contributed by atoms with van der Waals surface area (Å²) in [6, 6.07) is 24.6. The van der Waals surface area contributed by atoms with E-state index in [1.54, 1.807) is 12.4 Å². The molecule has 2 aliphatic heterocycles. The van der Waals surface area contributed by atoms with Gasteiger partial charge in [-0.1, -0.05) is 54.6 Å². The fourth-order valence-electron chi connectivity index (χ4n) is 5.25. The molecule has 0 unspecified atom stereocenters. The Hall–Kier alpha value is -4.49. The van der Waals surface area contributed by atoms with Crippen LogP contribution in [0.15, 0.2) is 85.2 Å². The molecule has 1 aromatic heterocycles. The van der Waals surface area contributed by atoms with Crippen LogP contribution in [0.5, 0.6) is 0 Å². The van der Waals surface area contributed by atoms with Gasteiger partial charge in [-0.2, -0.15) is 0 Å². The molecule has 6 rings (SSSR count). The molecule has 1 saturated heterocycles. The molecule has 7 heteroatoms. The largest absolute Gasteiger partial charge is 0.355 e. The molecule has 3 N–H and O–H groups in total. The second kappa shape index (κ2) is 11.1. The zero-order valence-corrected chi connectivity index (χ0v) is 22.1. The van der Waals surface area contributed by atoms with Crippen molar-refractivity contribution in [1.82, 2.24) is 14.9 Å². The van der Waals surface area contributed by atoms with Crippen LogP contribution in [0.25, 0.3) is 22.4 Å². The van der Waals surface area contributed by atoms with Crippen molar-refractivity contribution in [3.63, 3.8) is 0 Å². The van der Waals surface area contributed by atoms with Gasteiger partial charge in [-0.05, 0) is 67.7 Å². The van der Waals surface area contributed by atoms with Gasteiger partial charge in [-0.15, -0.1) is 0 Å². The summed E-state index contributed by atoms with van der Waals surface area (Å²) in [5, 5.41) is 9.76. The number of benzene rings is 3. The zero-order chi connectivity index (χ0) is 26.6. The average Bonchev–Trinajstić information content (AvgIpc) is 3.60. The van der Waals surface area contributed by atoms with E-state index in [0.717, 1.165) is 52.4 Å². The summed E-state index contributed by atoms with van der Waals surface area (Å²) >= 11 is 0. The van der Waals surface area contributed by atoms with Crippen LogP contribution < -0.4 is 16.0 Å². The Balaban J connectivity index is 1.33. The Morgan fingerprint density at radius 1 is 0.923 bits per heavy atom. The molecular formula is C32H32N6O. The van der Waals surface area contributed by atoms with Gasteiger partial charge in [0.2, 0.25) is 5.95 Å². The molecule has 0 aliphatic carbocycles. The van der Waals surface area contributed by atoms with Crippen molar-refractivity contribution in [2.24, 2.45) is 0 Å². The number of likely N-dealkylation sites (tertiary alicyclic amines) is 1. The molecule has 0 atom stereocenters.